The Morgan fingerprint density at radius 2 is 1.67 bits per heavy atom. The average molecular weight is 354 g/mol. The van der Waals surface area contributed by atoms with E-state index in [0.717, 1.165) is 19.1 Å². The summed E-state index contributed by atoms with van der Waals surface area (Å²) in [6, 6.07) is 9.56. The number of nitrogens with one attached hydrogen (secondary N) is 2. The highest BCUT2D eigenvalue weighted by molar-refractivity contribution is 7.89. The van der Waals surface area contributed by atoms with E-state index in [1.165, 1.54) is 38.9 Å². The third-order valence-electron chi connectivity index (χ3n) is 5.62. The Labute approximate surface area is 146 Å². The summed E-state index contributed by atoms with van der Waals surface area (Å²) in [4.78, 5) is 3.79. The average Bonchev–Trinajstić information content (AvgIpc) is 2.63. The van der Waals surface area contributed by atoms with Crippen molar-refractivity contribution < 1.29 is 18.2 Å². The van der Waals surface area contributed by atoms with Crippen molar-refractivity contribution in [1.29, 1.82) is 0 Å². The van der Waals surface area contributed by atoms with E-state index in [-0.39, 0.29) is 0 Å². The van der Waals surface area contributed by atoms with Crippen molar-refractivity contribution in [2.75, 3.05) is 45.8 Å². The van der Waals surface area contributed by atoms with Gasteiger partial charge in [0.1, 0.15) is 0 Å². The minimum Gasteiger partial charge on any atom is -0.335 e. The van der Waals surface area contributed by atoms with E-state index in [1.807, 2.05) is 6.07 Å². The molecule has 134 valence electrons. The van der Waals surface area contributed by atoms with Crippen molar-refractivity contribution in [2.45, 2.75) is 37.1 Å². The molecule has 2 aliphatic rings. The van der Waals surface area contributed by atoms with Crippen molar-refractivity contribution in [1.82, 2.24) is 4.31 Å². The summed E-state index contributed by atoms with van der Waals surface area (Å²) in [5.41, 5.74) is 0. The van der Waals surface area contributed by atoms with Crippen molar-refractivity contribution in [3.05, 3.63) is 30.3 Å². The SMILES string of the molecule is CCC[NH+]1CCC([NH+]2CCN(S(=O)(=O)c3ccccc3)CC2)CC1. The third-order valence-corrected chi connectivity index (χ3v) is 7.53. The first kappa shape index (κ1) is 17.9. The monoisotopic (exact) mass is 353 g/mol. The Bertz CT molecular complexity index is 604. The standard InChI is InChI=1S/C18H29N3O2S/c1-2-10-19-11-8-17(9-12-19)20-13-15-21(16-14-20)24(22,23)18-6-4-3-5-7-18/h3-7,17H,2,8-16H2,1H3/p+2. The zero-order chi connectivity index (χ0) is 17.0. The van der Waals surface area contributed by atoms with Crippen molar-refractivity contribution >= 4 is 10.0 Å². The van der Waals surface area contributed by atoms with E-state index in [1.54, 1.807) is 38.4 Å². The number of hydrogen-bond donors (Lipinski definition) is 2. The highest BCUT2D eigenvalue weighted by Gasteiger charge is 2.35. The first-order chi connectivity index (χ1) is 11.6. The van der Waals surface area contributed by atoms with E-state index in [0.29, 0.717) is 18.0 Å². The summed E-state index contributed by atoms with van der Waals surface area (Å²) in [5.74, 6) is 0. The van der Waals surface area contributed by atoms with Gasteiger partial charge in [0, 0.05) is 12.8 Å². The van der Waals surface area contributed by atoms with Crippen LogP contribution < -0.4 is 9.80 Å². The number of hydrogen-bond acceptors (Lipinski definition) is 2. The number of rotatable bonds is 5. The summed E-state index contributed by atoms with van der Waals surface area (Å²) < 4.78 is 27.1. The number of piperazine rings is 1. The molecule has 0 amide bonds. The van der Waals surface area contributed by atoms with Crippen molar-refractivity contribution in [2.24, 2.45) is 0 Å². The highest BCUT2D eigenvalue weighted by atomic mass is 32.2. The first-order valence-electron chi connectivity index (χ1n) is 9.34. The molecule has 0 aliphatic carbocycles. The van der Waals surface area contributed by atoms with Gasteiger partial charge in [-0.05, 0) is 18.6 Å². The summed E-state index contributed by atoms with van der Waals surface area (Å²) in [6.07, 6.45) is 3.84. The van der Waals surface area contributed by atoms with Crippen LogP contribution in [-0.4, -0.2) is 64.6 Å². The Kier molecular flexibility index (Phi) is 5.92. The van der Waals surface area contributed by atoms with Gasteiger partial charge in [-0.15, -0.1) is 0 Å². The topological polar surface area (TPSA) is 46.3 Å². The van der Waals surface area contributed by atoms with Crippen LogP contribution in [0, 0.1) is 0 Å². The van der Waals surface area contributed by atoms with Gasteiger partial charge < -0.3 is 9.80 Å². The van der Waals surface area contributed by atoms with E-state index >= 15 is 0 Å². The van der Waals surface area contributed by atoms with E-state index in [2.05, 4.69) is 6.92 Å². The molecular formula is C18H31N3O2S+2. The number of quaternary nitrogens is 2. The zero-order valence-electron chi connectivity index (χ0n) is 14.7. The van der Waals surface area contributed by atoms with Crippen LogP contribution in [0.3, 0.4) is 0 Å². The maximum absolute atomic E-state index is 12.7. The van der Waals surface area contributed by atoms with Gasteiger partial charge in [0.15, 0.2) is 0 Å². The van der Waals surface area contributed by atoms with Gasteiger partial charge >= 0.3 is 0 Å². The van der Waals surface area contributed by atoms with Crippen molar-refractivity contribution in [3.63, 3.8) is 0 Å². The Hall–Kier alpha value is -0.950. The van der Waals surface area contributed by atoms with Gasteiger partial charge in [0.25, 0.3) is 0 Å². The predicted molar refractivity (Wildman–Crippen MR) is 94.8 cm³/mol. The van der Waals surface area contributed by atoms with Crippen molar-refractivity contribution in [3.8, 4) is 0 Å². The Balaban J connectivity index is 1.53. The molecule has 2 heterocycles. The molecule has 0 atom stereocenters. The number of likely N-dealkylation sites (tertiary alicyclic amines) is 1. The van der Waals surface area contributed by atoms with Crippen LogP contribution >= 0.6 is 0 Å². The van der Waals surface area contributed by atoms with Gasteiger partial charge in [-0.1, -0.05) is 25.1 Å². The lowest BCUT2D eigenvalue weighted by Gasteiger charge is -2.38. The Morgan fingerprint density at radius 3 is 2.25 bits per heavy atom. The molecule has 0 radical (unpaired) electrons. The maximum atomic E-state index is 12.7. The summed E-state index contributed by atoms with van der Waals surface area (Å²) in [5, 5.41) is 0. The minimum absolute atomic E-state index is 0.421. The fourth-order valence-electron chi connectivity index (χ4n) is 4.20. The fourth-order valence-corrected chi connectivity index (χ4v) is 5.66. The highest BCUT2D eigenvalue weighted by Crippen LogP contribution is 2.15. The van der Waals surface area contributed by atoms with Crippen LogP contribution in [0.25, 0.3) is 0 Å². The van der Waals surface area contributed by atoms with Crippen LogP contribution in [0.1, 0.15) is 26.2 Å². The van der Waals surface area contributed by atoms with Crippen LogP contribution in [0.2, 0.25) is 0 Å². The molecule has 2 saturated heterocycles. The normalized spacial score (nSPS) is 27.2. The van der Waals surface area contributed by atoms with E-state index < -0.39 is 10.0 Å². The molecular weight excluding hydrogens is 322 g/mol. The van der Waals surface area contributed by atoms with E-state index in [9.17, 15) is 8.42 Å². The summed E-state index contributed by atoms with van der Waals surface area (Å²) in [6.45, 7) is 9.31. The molecule has 24 heavy (non-hydrogen) atoms. The summed E-state index contributed by atoms with van der Waals surface area (Å²) >= 11 is 0. The molecule has 0 aromatic heterocycles. The second-order valence-corrected chi connectivity index (χ2v) is 9.09. The lowest BCUT2D eigenvalue weighted by Crippen LogP contribution is -3.22. The second kappa shape index (κ2) is 7.95. The quantitative estimate of drug-likeness (QED) is 0.716. The number of nitrogens with zero attached hydrogens (tertiary/aromatic N) is 1. The fraction of sp³-hybridized carbons (Fsp3) is 0.667. The van der Waals surface area contributed by atoms with Gasteiger partial charge in [-0.3, -0.25) is 0 Å². The Morgan fingerprint density at radius 1 is 1.04 bits per heavy atom. The molecule has 0 saturated carbocycles. The zero-order valence-corrected chi connectivity index (χ0v) is 15.5. The van der Waals surface area contributed by atoms with Gasteiger partial charge in [0.05, 0.1) is 56.8 Å². The largest absolute Gasteiger partial charge is 0.335 e. The second-order valence-electron chi connectivity index (χ2n) is 7.15. The first-order valence-corrected chi connectivity index (χ1v) is 10.8. The molecule has 5 nitrogen and oxygen atoms in total. The van der Waals surface area contributed by atoms with Crippen LogP contribution in [0.15, 0.2) is 35.2 Å². The van der Waals surface area contributed by atoms with Gasteiger partial charge in [0.2, 0.25) is 10.0 Å². The lowest BCUT2D eigenvalue weighted by molar-refractivity contribution is -0.959. The smallest absolute Gasteiger partial charge is 0.243 e. The van der Waals surface area contributed by atoms with Crippen LogP contribution in [-0.2, 0) is 10.0 Å². The molecule has 0 bridgehead atoms. The molecule has 1 aromatic rings. The number of piperidine rings is 1. The summed E-state index contributed by atoms with van der Waals surface area (Å²) in [7, 11) is -3.32. The third kappa shape index (κ3) is 3.99. The molecule has 2 N–H and O–H groups in total. The van der Waals surface area contributed by atoms with Gasteiger partial charge in [-0.25, -0.2) is 8.42 Å². The number of benzene rings is 1. The molecule has 3 rings (SSSR count). The molecule has 6 heteroatoms. The number of sulfonamides is 1. The van der Waals surface area contributed by atoms with Crippen LogP contribution in [0.4, 0.5) is 0 Å². The molecule has 1 aromatic carbocycles. The maximum Gasteiger partial charge on any atom is 0.243 e. The van der Waals surface area contributed by atoms with Gasteiger partial charge in [-0.2, -0.15) is 4.31 Å². The minimum atomic E-state index is -3.32. The van der Waals surface area contributed by atoms with E-state index in [4.69, 9.17) is 0 Å². The molecule has 0 spiro atoms. The lowest BCUT2D eigenvalue weighted by atomic mass is 10.0. The predicted octanol–water partition coefficient (Wildman–Crippen LogP) is -0.967. The molecule has 2 aliphatic heterocycles. The van der Waals surface area contributed by atoms with Crippen LogP contribution in [0.5, 0.6) is 0 Å². The molecule has 0 unspecified atom stereocenters. The molecule has 2 fully saturated rings.